The summed E-state index contributed by atoms with van der Waals surface area (Å²) in [5.41, 5.74) is 8.75. The van der Waals surface area contributed by atoms with E-state index in [0.29, 0.717) is 0 Å². The second kappa shape index (κ2) is 8.74. The molecule has 0 amide bonds. The van der Waals surface area contributed by atoms with Crippen LogP contribution in [0.1, 0.15) is 26.3 Å². The minimum absolute atomic E-state index is 0.0849. The Labute approximate surface area is 238 Å². The molecule has 196 valence electrons. The Morgan fingerprint density at radius 1 is 0.537 bits per heavy atom. The van der Waals surface area contributed by atoms with Gasteiger partial charge in [0.2, 0.25) is 0 Å². The predicted molar refractivity (Wildman–Crippen MR) is 173 cm³/mol. The van der Waals surface area contributed by atoms with Gasteiger partial charge in [0, 0.05) is 32.8 Å². The monoisotopic (exact) mass is 527 g/mol. The number of fused-ring (bicyclic) bond motifs is 9. The van der Waals surface area contributed by atoms with E-state index in [2.05, 4.69) is 141 Å². The Balaban J connectivity index is 1.35. The minimum atomic E-state index is 0.0849. The average molecular weight is 528 g/mol. The highest BCUT2D eigenvalue weighted by Crippen LogP contribution is 2.37. The highest BCUT2D eigenvalue weighted by molar-refractivity contribution is 6.23. The molecule has 0 unspecified atom stereocenters. The van der Waals surface area contributed by atoms with Crippen LogP contribution >= 0.6 is 0 Å². The molecule has 0 saturated carbocycles. The lowest BCUT2D eigenvalue weighted by molar-refractivity contribution is 0.591. The number of hydrogen-bond donors (Lipinski definition) is 0. The van der Waals surface area contributed by atoms with Crippen molar-refractivity contribution in [3.05, 3.63) is 127 Å². The van der Waals surface area contributed by atoms with Crippen molar-refractivity contribution in [1.82, 2.24) is 14.5 Å². The molecule has 3 heteroatoms. The second-order valence-corrected chi connectivity index (χ2v) is 11.9. The van der Waals surface area contributed by atoms with Crippen molar-refractivity contribution in [2.45, 2.75) is 26.2 Å². The second-order valence-electron chi connectivity index (χ2n) is 11.9. The van der Waals surface area contributed by atoms with Crippen LogP contribution in [-0.2, 0) is 5.41 Å². The molecule has 8 aromatic rings. The topological polar surface area (TPSA) is 30.7 Å². The highest BCUT2D eigenvalue weighted by Gasteiger charge is 2.18. The Hall–Kier alpha value is -5.02. The highest BCUT2D eigenvalue weighted by atomic mass is 15.0. The Bertz CT molecular complexity index is 2270. The van der Waals surface area contributed by atoms with Crippen molar-refractivity contribution in [1.29, 1.82) is 0 Å². The van der Waals surface area contributed by atoms with Gasteiger partial charge in [-0.2, -0.15) is 0 Å². The summed E-state index contributed by atoms with van der Waals surface area (Å²) in [6.07, 6.45) is 1.92. The van der Waals surface area contributed by atoms with Gasteiger partial charge in [0.25, 0.3) is 0 Å². The average Bonchev–Trinajstić information content (AvgIpc) is 3.34. The third kappa shape index (κ3) is 3.66. The summed E-state index contributed by atoms with van der Waals surface area (Å²) >= 11 is 0. The molecular formula is C38H29N3. The molecule has 0 spiro atoms. The van der Waals surface area contributed by atoms with Crippen LogP contribution in [0.25, 0.3) is 71.3 Å². The molecule has 2 aromatic heterocycles. The molecule has 0 aliphatic rings. The number of rotatable bonds is 2. The standard InChI is InChI=1S/C38H29N3/c1-38(2,3)25-19-20-35-32(22-25)29-15-8-9-18-34(29)41(35)26-12-10-11-24(21-26)33-23-39-36-30-16-6-4-13-27(30)28-14-5-7-17-31(28)37(36)40-33/h4-23H,1-3H3. The molecule has 3 nitrogen and oxygen atoms in total. The van der Waals surface area contributed by atoms with Gasteiger partial charge in [-0.15, -0.1) is 0 Å². The van der Waals surface area contributed by atoms with Crippen LogP contribution in [0.2, 0.25) is 0 Å². The summed E-state index contributed by atoms with van der Waals surface area (Å²) < 4.78 is 2.37. The van der Waals surface area contributed by atoms with Gasteiger partial charge in [0.15, 0.2) is 0 Å². The molecule has 8 rings (SSSR count). The molecule has 0 saturated heterocycles. The van der Waals surface area contributed by atoms with Crippen molar-refractivity contribution in [3.63, 3.8) is 0 Å². The molecule has 0 aliphatic heterocycles. The fourth-order valence-corrected chi connectivity index (χ4v) is 6.28. The van der Waals surface area contributed by atoms with Crippen LogP contribution in [0, 0.1) is 0 Å². The maximum absolute atomic E-state index is 5.24. The lowest BCUT2D eigenvalue weighted by Crippen LogP contribution is -2.10. The van der Waals surface area contributed by atoms with Crippen LogP contribution in [0.4, 0.5) is 0 Å². The van der Waals surface area contributed by atoms with Crippen molar-refractivity contribution in [2.75, 3.05) is 0 Å². The summed E-state index contributed by atoms with van der Waals surface area (Å²) in [5.74, 6) is 0. The first-order chi connectivity index (χ1) is 20.0. The Kier molecular flexibility index (Phi) is 5.08. The summed E-state index contributed by atoms with van der Waals surface area (Å²) in [6.45, 7) is 6.81. The summed E-state index contributed by atoms with van der Waals surface area (Å²) in [4.78, 5) is 10.2. The molecule has 2 heterocycles. The fraction of sp³-hybridized carbons (Fsp3) is 0.105. The zero-order valence-electron chi connectivity index (χ0n) is 23.4. The molecule has 0 fully saturated rings. The lowest BCUT2D eigenvalue weighted by Gasteiger charge is -2.19. The number of nitrogens with zero attached hydrogens (tertiary/aromatic N) is 3. The van der Waals surface area contributed by atoms with E-state index in [9.17, 15) is 0 Å². The van der Waals surface area contributed by atoms with Crippen LogP contribution in [0.5, 0.6) is 0 Å². The molecule has 0 bridgehead atoms. The fourth-order valence-electron chi connectivity index (χ4n) is 6.28. The van der Waals surface area contributed by atoms with E-state index in [1.165, 1.54) is 38.1 Å². The Morgan fingerprint density at radius 2 is 1.17 bits per heavy atom. The molecule has 0 N–H and O–H groups in total. The molecule has 0 aliphatic carbocycles. The summed E-state index contributed by atoms with van der Waals surface area (Å²) in [7, 11) is 0. The normalized spacial score (nSPS) is 12.3. The first-order valence-electron chi connectivity index (χ1n) is 14.2. The third-order valence-corrected chi connectivity index (χ3v) is 8.37. The van der Waals surface area contributed by atoms with Gasteiger partial charge in [0.1, 0.15) is 0 Å². The minimum Gasteiger partial charge on any atom is -0.309 e. The summed E-state index contributed by atoms with van der Waals surface area (Å²) in [5, 5.41) is 7.22. The van der Waals surface area contributed by atoms with Gasteiger partial charge in [0.05, 0.1) is 34.0 Å². The first-order valence-corrected chi connectivity index (χ1v) is 14.2. The van der Waals surface area contributed by atoms with E-state index in [-0.39, 0.29) is 5.41 Å². The first kappa shape index (κ1) is 23.8. The van der Waals surface area contributed by atoms with Crippen molar-refractivity contribution >= 4 is 54.4 Å². The Morgan fingerprint density at radius 3 is 1.90 bits per heavy atom. The predicted octanol–water partition coefficient (Wildman–Crippen LogP) is 10.00. The largest absolute Gasteiger partial charge is 0.309 e. The summed E-state index contributed by atoms with van der Waals surface area (Å²) in [6, 6.07) is 41.3. The molecule has 41 heavy (non-hydrogen) atoms. The van der Waals surface area contributed by atoms with Gasteiger partial charge in [-0.3, -0.25) is 4.98 Å². The zero-order valence-corrected chi connectivity index (χ0v) is 23.4. The van der Waals surface area contributed by atoms with Crippen LogP contribution < -0.4 is 0 Å². The van der Waals surface area contributed by atoms with Gasteiger partial charge in [-0.1, -0.05) is 106 Å². The van der Waals surface area contributed by atoms with E-state index >= 15 is 0 Å². The molecular weight excluding hydrogens is 498 g/mol. The zero-order chi connectivity index (χ0) is 27.7. The third-order valence-electron chi connectivity index (χ3n) is 8.37. The van der Waals surface area contributed by atoms with Crippen LogP contribution in [0.15, 0.2) is 121 Å². The van der Waals surface area contributed by atoms with Gasteiger partial charge in [-0.05, 0) is 52.1 Å². The van der Waals surface area contributed by atoms with Crippen molar-refractivity contribution in [2.24, 2.45) is 0 Å². The van der Waals surface area contributed by atoms with Gasteiger partial charge >= 0.3 is 0 Å². The number of para-hydroxylation sites is 1. The van der Waals surface area contributed by atoms with Crippen LogP contribution in [-0.4, -0.2) is 14.5 Å². The van der Waals surface area contributed by atoms with E-state index in [0.717, 1.165) is 38.8 Å². The number of benzene rings is 6. The van der Waals surface area contributed by atoms with Crippen molar-refractivity contribution in [3.8, 4) is 16.9 Å². The van der Waals surface area contributed by atoms with Gasteiger partial charge in [-0.25, -0.2) is 4.98 Å². The maximum atomic E-state index is 5.24. The molecule has 0 atom stereocenters. The van der Waals surface area contributed by atoms with E-state index in [1.807, 2.05) is 6.20 Å². The number of hydrogen-bond acceptors (Lipinski definition) is 2. The smallest absolute Gasteiger partial charge is 0.0979 e. The van der Waals surface area contributed by atoms with Gasteiger partial charge < -0.3 is 4.57 Å². The maximum Gasteiger partial charge on any atom is 0.0979 e. The van der Waals surface area contributed by atoms with E-state index in [1.54, 1.807) is 0 Å². The number of aromatic nitrogens is 3. The van der Waals surface area contributed by atoms with Crippen molar-refractivity contribution < 1.29 is 0 Å². The molecule has 6 aromatic carbocycles. The SMILES string of the molecule is CC(C)(C)c1ccc2c(c1)c1ccccc1n2-c1cccc(-c2cnc3c4ccccc4c4ccccc4c3n2)c1. The quantitative estimate of drug-likeness (QED) is 0.209. The lowest BCUT2D eigenvalue weighted by atomic mass is 9.86. The van der Waals surface area contributed by atoms with E-state index < -0.39 is 0 Å². The van der Waals surface area contributed by atoms with Crippen LogP contribution in [0.3, 0.4) is 0 Å². The van der Waals surface area contributed by atoms with E-state index in [4.69, 9.17) is 9.97 Å². The molecule has 0 radical (unpaired) electrons.